The van der Waals surface area contributed by atoms with E-state index in [1.54, 1.807) is 6.07 Å². The van der Waals surface area contributed by atoms with Crippen molar-refractivity contribution in [2.75, 3.05) is 5.32 Å². The van der Waals surface area contributed by atoms with E-state index >= 15 is 0 Å². The van der Waals surface area contributed by atoms with Crippen molar-refractivity contribution in [2.45, 2.75) is 31.2 Å². The summed E-state index contributed by atoms with van der Waals surface area (Å²) >= 11 is 5.63. The zero-order chi connectivity index (χ0) is 12.5. The third kappa shape index (κ3) is 2.42. The molecule has 0 saturated heterocycles. The van der Waals surface area contributed by atoms with Crippen LogP contribution in [0.2, 0.25) is 5.02 Å². The van der Waals surface area contributed by atoms with Crippen LogP contribution in [0.25, 0.3) is 0 Å². The highest BCUT2D eigenvalue weighted by molar-refractivity contribution is 6.31. The number of hydrogen-bond donors (Lipinski definition) is 2. The minimum absolute atomic E-state index is 0.0136. The lowest BCUT2D eigenvalue weighted by Crippen LogP contribution is -2.48. The Hall–Kier alpha value is -1.13. The molecule has 0 atom stereocenters. The van der Waals surface area contributed by atoms with Crippen molar-refractivity contribution < 1.29 is 9.18 Å². The Morgan fingerprint density at radius 1 is 1.41 bits per heavy atom. The minimum Gasteiger partial charge on any atom is -0.322 e. The summed E-state index contributed by atoms with van der Waals surface area (Å²) in [5, 5.41) is 2.50. The second-order valence-electron chi connectivity index (χ2n) is 4.42. The number of anilines is 1. The van der Waals surface area contributed by atoms with E-state index in [9.17, 15) is 9.18 Å². The standard InChI is InChI=1S/C12H14ClFN2O/c13-8-4-3-5-9(10(8)14)16-11(17)12(15)6-1-2-7-12/h3-5H,1-2,6-7,15H2,(H,16,17). The summed E-state index contributed by atoms with van der Waals surface area (Å²) in [6, 6.07) is 4.48. The lowest BCUT2D eigenvalue weighted by molar-refractivity contribution is -0.121. The first-order chi connectivity index (χ1) is 8.03. The predicted octanol–water partition coefficient (Wildman–Crippen LogP) is 2.69. The Labute approximate surface area is 104 Å². The number of rotatable bonds is 2. The molecule has 17 heavy (non-hydrogen) atoms. The van der Waals surface area contributed by atoms with E-state index in [-0.39, 0.29) is 16.6 Å². The summed E-state index contributed by atoms with van der Waals surface area (Å²) in [6.07, 6.45) is 3.14. The van der Waals surface area contributed by atoms with Crippen molar-refractivity contribution in [1.82, 2.24) is 0 Å². The monoisotopic (exact) mass is 256 g/mol. The molecule has 5 heteroatoms. The fourth-order valence-electron chi connectivity index (χ4n) is 2.08. The van der Waals surface area contributed by atoms with Crippen LogP contribution in [-0.4, -0.2) is 11.4 Å². The van der Waals surface area contributed by atoms with E-state index in [1.807, 2.05) is 0 Å². The molecular weight excluding hydrogens is 243 g/mol. The molecule has 0 spiro atoms. The fourth-order valence-corrected chi connectivity index (χ4v) is 2.25. The average Bonchev–Trinajstić information content (AvgIpc) is 2.73. The SMILES string of the molecule is NC1(C(=O)Nc2cccc(Cl)c2F)CCCC1. The number of nitrogens with two attached hydrogens (primary N) is 1. The maximum Gasteiger partial charge on any atom is 0.244 e. The van der Waals surface area contributed by atoms with Gasteiger partial charge in [-0.3, -0.25) is 4.79 Å². The molecule has 1 fully saturated rings. The lowest BCUT2D eigenvalue weighted by Gasteiger charge is -2.22. The molecular formula is C12H14ClFN2O. The maximum absolute atomic E-state index is 13.6. The highest BCUT2D eigenvalue weighted by atomic mass is 35.5. The maximum atomic E-state index is 13.6. The molecule has 3 nitrogen and oxygen atoms in total. The Morgan fingerprint density at radius 2 is 2.06 bits per heavy atom. The molecule has 0 unspecified atom stereocenters. The first-order valence-corrected chi connectivity index (χ1v) is 5.95. The minimum atomic E-state index is -0.866. The van der Waals surface area contributed by atoms with Crippen molar-refractivity contribution in [3.8, 4) is 0 Å². The molecule has 0 radical (unpaired) electrons. The topological polar surface area (TPSA) is 55.1 Å². The highest BCUT2D eigenvalue weighted by Gasteiger charge is 2.37. The summed E-state index contributed by atoms with van der Waals surface area (Å²) < 4.78 is 13.6. The second-order valence-corrected chi connectivity index (χ2v) is 4.83. The van der Waals surface area contributed by atoms with Crippen molar-refractivity contribution in [1.29, 1.82) is 0 Å². The zero-order valence-corrected chi connectivity index (χ0v) is 10.1. The Kier molecular flexibility index (Phi) is 3.35. The van der Waals surface area contributed by atoms with Crippen molar-refractivity contribution in [3.05, 3.63) is 29.0 Å². The number of benzene rings is 1. The quantitative estimate of drug-likeness (QED) is 0.855. The lowest BCUT2D eigenvalue weighted by atomic mass is 9.98. The molecule has 0 heterocycles. The van der Waals surface area contributed by atoms with Crippen LogP contribution in [0.4, 0.5) is 10.1 Å². The molecule has 0 aromatic heterocycles. The number of hydrogen-bond acceptors (Lipinski definition) is 2. The van der Waals surface area contributed by atoms with Gasteiger partial charge in [0.05, 0.1) is 16.2 Å². The summed E-state index contributed by atoms with van der Waals surface area (Å²) in [6.45, 7) is 0. The molecule has 0 bridgehead atoms. The Balaban J connectivity index is 2.16. The molecule has 1 amide bonds. The zero-order valence-electron chi connectivity index (χ0n) is 9.30. The predicted molar refractivity (Wildman–Crippen MR) is 65.4 cm³/mol. The fraction of sp³-hybridized carbons (Fsp3) is 0.417. The van der Waals surface area contributed by atoms with Gasteiger partial charge in [0.15, 0.2) is 5.82 Å². The number of halogens is 2. The van der Waals surface area contributed by atoms with Crippen LogP contribution in [0, 0.1) is 5.82 Å². The number of amides is 1. The molecule has 1 aromatic carbocycles. The van der Waals surface area contributed by atoms with Gasteiger partial charge in [-0.1, -0.05) is 30.5 Å². The first kappa shape index (κ1) is 12.3. The normalized spacial score (nSPS) is 18.1. The van der Waals surface area contributed by atoms with Gasteiger partial charge in [-0.15, -0.1) is 0 Å². The first-order valence-electron chi connectivity index (χ1n) is 5.57. The van der Waals surface area contributed by atoms with Gasteiger partial charge in [0, 0.05) is 0 Å². The van der Waals surface area contributed by atoms with E-state index in [1.165, 1.54) is 12.1 Å². The molecule has 3 N–H and O–H groups in total. The number of carbonyl (C=O) groups excluding carboxylic acids is 1. The molecule has 1 aliphatic rings. The van der Waals surface area contributed by atoms with Gasteiger partial charge in [-0.2, -0.15) is 0 Å². The smallest absolute Gasteiger partial charge is 0.244 e. The number of carbonyl (C=O) groups is 1. The molecule has 2 rings (SSSR count). The van der Waals surface area contributed by atoms with E-state index in [0.717, 1.165) is 12.8 Å². The molecule has 1 aliphatic carbocycles. The summed E-state index contributed by atoms with van der Waals surface area (Å²) in [7, 11) is 0. The molecule has 92 valence electrons. The average molecular weight is 257 g/mol. The van der Waals surface area contributed by atoms with E-state index in [0.29, 0.717) is 12.8 Å². The molecule has 0 aliphatic heterocycles. The van der Waals surface area contributed by atoms with Gasteiger partial charge < -0.3 is 11.1 Å². The van der Waals surface area contributed by atoms with Crippen LogP contribution in [0.1, 0.15) is 25.7 Å². The van der Waals surface area contributed by atoms with Crippen LogP contribution in [0.3, 0.4) is 0 Å². The van der Waals surface area contributed by atoms with Gasteiger partial charge in [-0.05, 0) is 25.0 Å². The Bertz CT molecular complexity index is 444. The van der Waals surface area contributed by atoms with E-state index in [4.69, 9.17) is 17.3 Å². The third-order valence-corrected chi connectivity index (χ3v) is 3.44. The highest BCUT2D eigenvalue weighted by Crippen LogP contribution is 2.29. The van der Waals surface area contributed by atoms with Gasteiger partial charge in [-0.25, -0.2) is 4.39 Å². The summed E-state index contributed by atoms with van der Waals surface area (Å²) in [5.74, 6) is -0.958. The third-order valence-electron chi connectivity index (χ3n) is 3.15. The number of nitrogens with one attached hydrogen (secondary N) is 1. The second kappa shape index (κ2) is 4.63. The largest absolute Gasteiger partial charge is 0.322 e. The van der Waals surface area contributed by atoms with Crippen LogP contribution < -0.4 is 11.1 Å². The Morgan fingerprint density at radius 3 is 2.71 bits per heavy atom. The molecule has 1 aromatic rings. The van der Waals surface area contributed by atoms with Crippen LogP contribution in [0.15, 0.2) is 18.2 Å². The van der Waals surface area contributed by atoms with Crippen molar-refractivity contribution >= 4 is 23.2 Å². The van der Waals surface area contributed by atoms with Gasteiger partial charge >= 0.3 is 0 Å². The van der Waals surface area contributed by atoms with Crippen molar-refractivity contribution in [3.63, 3.8) is 0 Å². The van der Waals surface area contributed by atoms with Gasteiger partial charge in [0.2, 0.25) is 5.91 Å². The van der Waals surface area contributed by atoms with Crippen LogP contribution >= 0.6 is 11.6 Å². The van der Waals surface area contributed by atoms with Gasteiger partial charge in [0.25, 0.3) is 0 Å². The molecule has 1 saturated carbocycles. The summed E-state index contributed by atoms with van der Waals surface area (Å²) in [4.78, 5) is 12.0. The van der Waals surface area contributed by atoms with Crippen molar-refractivity contribution in [2.24, 2.45) is 5.73 Å². The van der Waals surface area contributed by atoms with E-state index < -0.39 is 11.4 Å². The van der Waals surface area contributed by atoms with E-state index in [2.05, 4.69) is 5.32 Å². The van der Waals surface area contributed by atoms with Gasteiger partial charge in [0.1, 0.15) is 0 Å². The summed E-state index contributed by atoms with van der Waals surface area (Å²) in [5.41, 5.74) is 5.19. The van der Waals surface area contributed by atoms with Crippen LogP contribution in [0.5, 0.6) is 0 Å². The van der Waals surface area contributed by atoms with Crippen LogP contribution in [-0.2, 0) is 4.79 Å².